The Hall–Kier alpha value is -2.05. The van der Waals surface area contributed by atoms with Crippen LogP contribution in [-0.2, 0) is 24.8 Å². The molecule has 0 bridgehead atoms. The SMILES string of the molecule is CCC1CCCCN1C(=O)c1nn(C)c2c1CCN(C(=O)OC(C)(C)C)C2. The van der Waals surface area contributed by atoms with Crippen LogP contribution in [0.3, 0.4) is 0 Å². The van der Waals surface area contributed by atoms with Gasteiger partial charge >= 0.3 is 6.09 Å². The van der Waals surface area contributed by atoms with Crippen molar-refractivity contribution in [1.82, 2.24) is 19.6 Å². The molecule has 2 amide bonds. The van der Waals surface area contributed by atoms with Crippen LogP contribution in [0.2, 0.25) is 0 Å². The minimum atomic E-state index is -0.519. The highest BCUT2D eigenvalue weighted by molar-refractivity contribution is 5.94. The highest BCUT2D eigenvalue weighted by atomic mass is 16.6. The van der Waals surface area contributed by atoms with E-state index in [4.69, 9.17) is 4.74 Å². The molecule has 3 rings (SSSR count). The van der Waals surface area contributed by atoms with Crippen molar-refractivity contribution in [3.8, 4) is 0 Å². The van der Waals surface area contributed by atoms with Gasteiger partial charge in [-0.3, -0.25) is 9.48 Å². The monoisotopic (exact) mass is 376 g/mol. The fourth-order valence-electron chi connectivity index (χ4n) is 4.05. The van der Waals surface area contributed by atoms with Crippen LogP contribution in [0.5, 0.6) is 0 Å². The summed E-state index contributed by atoms with van der Waals surface area (Å²) >= 11 is 0. The average molecular weight is 377 g/mol. The van der Waals surface area contributed by atoms with Crippen molar-refractivity contribution in [1.29, 1.82) is 0 Å². The maximum Gasteiger partial charge on any atom is 0.410 e. The molecule has 1 saturated heterocycles. The quantitative estimate of drug-likeness (QED) is 0.795. The topological polar surface area (TPSA) is 67.7 Å². The zero-order valence-corrected chi connectivity index (χ0v) is 17.2. The number of carbonyl (C=O) groups excluding carboxylic acids is 2. The summed E-state index contributed by atoms with van der Waals surface area (Å²) in [6, 6.07) is 0.311. The van der Waals surface area contributed by atoms with E-state index < -0.39 is 5.60 Å². The van der Waals surface area contributed by atoms with E-state index >= 15 is 0 Å². The zero-order valence-electron chi connectivity index (χ0n) is 17.2. The molecule has 0 spiro atoms. The van der Waals surface area contributed by atoms with Crippen molar-refractivity contribution in [2.75, 3.05) is 13.1 Å². The van der Waals surface area contributed by atoms with Crippen molar-refractivity contribution in [2.24, 2.45) is 7.05 Å². The average Bonchev–Trinajstić information content (AvgIpc) is 2.96. The van der Waals surface area contributed by atoms with Gasteiger partial charge in [-0.25, -0.2) is 4.79 Å². The predicted molar refractivity (Wildman–Crippen MR) is 103 cm³/mol. The van der Waals surface area contributed by atoms with E-state index in [0.29, 0.717) is 31.2 Å². The first-order chi connectivity index (χ1) is 12.7. The van der Waals surface area contributed by atoms with E-state index in [-0.39, 0.29) is 12.0 Å². The van der Waals surface area contributed by atoms with Crippen LogP contribution in [0.4, 0.5) is 4.79 Å². The van der Waals surface area contributed by atoms with Crippen LogP contribution in [0.15, 0.2) is 0 Å². The normalized spacial score (nSPS) is 20.4. The number of piperidine rings is 1. The van der Waals surface area contributed by atoms with Gasteiger partial charge in [0.2, 0.25) is 0 Å². The molecule has 0 aromatic carbocycles. The number of likely N-dealkylation sites (tertiary alicyclic amines) is 1. The lowest BCUT2D eigenvalue weighted by Crippen LogP contribution is -2.44. The van der Waals surface area contributed by atoms with Crippen LogP contribution in [0, 0.1) is 0 Å². The Bertz CT molecular complexity index is 720. The molecule has 0 N–H and O–H groups in total. The molecule has 1 aromatic heterocycles. The van der Waals surface area contributed by atoms with Gasteiger partial charge in [0, 0.05) is 31.7 Å². The van der Waals surface area contributed by atoms with Crippen LogP contribution in [0.1, 0.15) is 75.1 Å². The Morgan fingerprint density at radius 2 is 1.96 bits per heavy atom. The van der Waals surface area contributed by atoms with Crippen LogP contribution < -0.4 is 0 Å². The lowest BCUT2D eigenvalue weighted by Gasteiger charge is -2.35. The molecular weight excluding hydrogens is 344 g/mol. The third-order valence-electron chi connectivity index (χ3n) is 5.46. The van der Waals surface area contributed by atoms with E-state index in [0.717, 1.165) is 37.1 Å². The summed E-state index contributed by atoms with van der Waals surface area (Å²) in [6.45, 7) is 9.52. The molecule has 2 aliphatic rings. The van der Waals surface area contributed by atoms with Crippen LogP contribution in [-0.4, -0.2) is 56.3 Å². The highest BCUT2D eigenvalue weighted by Gasteiger charge is 2.34. The summed E-state index contributed by atoms with van der Waals surface area (Å²) < 4.78 is 7.25. The number of ether oxygens (including phenoxy) is 1. The van der Waals surface area contributed by atoms with Crippen molar-refractivity contribution in [3.05, 3.63) is 17.0 Å². The van der Waals surface area contributed by atoms with Gasteiger partial charge in [-0.2, -0.15) is 5.10 Å². The zero-order chi connectivity index (χ0) is 19.8. The van der Waals surface area contributed by atoms with E-state index in [1.54, 1.807) is 9.58 Å². The van der Waals surface area contributed by atoms with Crippen molar-refractivity contribution < 1.29 is 14.3 Å². The maximum atomic E-state index is 13.2. The number of aryl methyl sites for hydroxylation is 1. The number of rotatable bonds is 2. The second-order valence-corrected chi connectivity index (χ2v) is 8.61. The third kappa shape index (κ3) is 4.12. The summed E-state index contributed by atoms with van der Waals surface area (Å²) in [6.07, 6.45) is 4.62. The lowest BCUT2D eigenvalue weighted by atomic mass is 9.98. The molecule has 0 saturated carbocycles. The number of hydrogen-bond acceptors (Lipinski definition) is 4. The Labute approximate surface area is 161 Å². The molecule has 27 heavy (non-hydrogen) atoms. The second kappa shape index (κ2) is 7.52. The summed E-state index contributed by atoms with van der Waals surface area (Å²) in [5.74, 6) is 0.0455. The molecule has 7 heteroatoms. The number of nitrogens with zero attached hydrogens (tertiary/aromatic N) is 4. The van der Waals surface area contributed by atoms with Crippen LogP contribution >= 0.6 is 0 Å². The number of aromatic nitrogens is 2. The number of fused-ring (bicyclic) bond motifs is 1. The largest absolute Gasteiger partial charge is 0.444 e. The molecule has 0 radical (unpaired) electrons. The fraction of sp³-hybridized carbons (Fsp3) is 0.750. The molecular formula is C20H32N4O3. The molecule has 150 valence electrons. The molecule has 1 fully saturated rings. The van der Waals surface area contributed by atoms with Gasteiger partial charge in [-0.1, -0.05) is 6.92 Å². The highest BCUT2D eigenvalue weighted by Crippen LogP contribution is 2.27. The van der Waals surface area contributed by atoms with E-state index in [1.807, 2.05) is 32.7 Å². The van der Waals surface area contributed by atoms with E-state index in [2.05, 4.69) is 12.0 Å². The maximum absolute atomic E-state index is 13.2. The number of hydrogen-bond donors (Lipinski definition) is 0. The molecule has 1 unspecified atom stereocenters. The van der Waals surface area contributed by atoms with Gasteiger partial charge in [0.1, 0.15) is 5.60 Å². The first-order valence-electron chi connectivity index (χ1n) is 10.0. The fourth-order valence-corrected chi connectivity index (χ4v) is 4.05. The lowest BCUT2D eigenvalue weighted by molar-refractivity contribution is 0.0219. The second-order valence-electron chi connectivity index (χ2n) is 8.61. The Kier molecular flexibility index (Phi) is 5.49. The van der Waals surface area contributed by atoms with Gasteiger partial charge in [0.05, 0.1) is 12.2 Å². The van der Waals surface area contributed by atoms with Gasteiger partial charge in [0.15, 0.2) is 5.69 Å². The van der Waals surface area contributed by atoms with Crippen molar-refractivity contribution in [2.45, 2.75) is 78.0 Å². The Balaban J connectivity index is 1.80. The Morgan fingerprint density at radius 3 is 2.63 bits per heavy atom. The van der Waals surface area contributed by atoms with Crippen molar-refractivity contribution in [3.63, 3.8) is 0 Å². The molecule has 1 aromatic rings. The minimum Gasteiger partial charge on any atom is -0.444 e. The van der Waals surface area contributed by atoms with Gasteiger partial charge in [-0.05, 0) is 52.9 Å². The van der Waals surface area contributed by atoms with Gasteiger partial charge in [0.25, 0.3) is 5.91 Å². The molecule has 7 nitrogen and oxygen atoms in total. The number of carbonyl (C=O) groups is 2. The molecule has 0 aliphatic carbocycles. The minimum absolute atomic E-state index is 0.0455. The summed E-state index contributed by atoms with van der Waals surface area (Å²) in [5.41, 5.74) is 1.97. The first kappa shape index (κ1) is 19.7. The third-order valence-corrected chi connectivity index (χ3v) is 5.46. The van der Waals surface area contributed by atoms with Crippen molar-refractivity contribution >= 4 is 12.0 Å². The first-order valence-corrected chi connectivity index (χ1v) is 10.0. The standard InChI is InChI=1S/C20H32N4O3/c1-6-14-9-7-8-11-24(14)18(25)17-15-10-12-23(13-16(15)22(5)21-17)19(26)27-20(2,3)4/h14H,6-13H2,1-5H3. The van der Waals surface area contributed by atoms with E-state index in [1.165, 1.54) is 6.42 Å². The molecule has 2 aliphatic heterocycles. The summed E-state index contributed by atoms with van der Waals surface area (Å²) in [4.78, 5) is 29.3. The summed E-state index contributed by atoms with van der Waals surface area (Å²) in [5, 5.41) is 4.55. The van der Waals surface area contributed by atoms with Crippen LogP contribution in [0.25, 0.3) is 0 Å². The molecule has 3 heterocycles. The Morgan fingerprint density at radius 1 is 1.22 bits per heavy atom. The number of amides is 2. The predicted octanol–water partition coefficient (Wildman–Crippen LogP) is 3.12. The van der Waals surface area contributed by atoms with Gasteiger partial charge < -0.3 is 14.5 Å². The van der Waals surface area contributed by atoms with E-state index in [9.17, 15) is 9.59 Å². The smallest absolute Gasteiger partial charge is 0.410 e. The van der Waals surface area contributed by atoms with Gasteiger partial charge in [-0.15, -0.1) is 0 Å². The molecule has 1 atom stereocenters. The summed E-state index contributed by atoms with van der Waals surface area (Å²) in [7, 11) is 1.85.